The van der Waals surface area contributed by atoms with Gasteiger partial charge in [0.2, 0.25) is 10.0 Å². The van der Waals surface area contributed by atoms with Crippen molar-refractivity contribution in [1.29, 1.82) is 0 Å². The number of hydrogen-bond donors (Lipinski definition) is 1. The first-order valence-corrected chi connectivity index (χ1v) is 10.4. The molecule has 2 saturated heterocycles. The van der Waals surface area contributed by atoms with Gasteiger partial charge in [0, 0.05) is 31.7 Å². The Balaban J connectivity index is 1.73. The van der Waals surface area contributed by atoms with Crippen molar-refractivity contribution < 1.29 is 23.1 Å². The molecule has 1 aromatic rings. The topological polar surface area (TPSA) is 87.2 Å². The van der Waals surface area contributed by atoms with Crippen molar-refractivity contribution in [3.05, 3.63) is 29.8 Å². The number of sulfonamides is 1. The van der Waals surface area contributed by atoms with Gasteiger partial charge >= 0.3 is 0 Å². The van der Waals surface area contributed by atoms with Crippen LogP contribution in [0.4, 0.5) is 0 Å². The van der Waals surface area contributed by atoms with Crippen LogP contribution < -0.4 is 0 Å². The quantitative estimate of drug-likeness (QED) is 0.845. The molecule has 2 aliphatic rings. The second kappa shape index (κ2) is 7.64. The minimum atomic E-state index is -3.61. The maximum absolute atomic E-state index is 12.8. The van der Waals surface area contributed by atoms with Crippen LogP contribution in [0.15, 0.2) is 29.2 Å². The van der Waals surface area contributed by atoms with Crippen LogP contribution in [0.5, 0.6) is 0 Å². The van der Waals surface area contributed by atoms with Crippen molar-refractivity contribution in [2.75, 3.05) is 26.2 Å². The normalized spacial score (nSPS) is 26.0. The summed E-state index contributed by atoms with van der Waals surface area (Å²) in [4.78, 5) is 14.4. The first kappa shape index (κ1) is 19.3. The molecule has 1 amide bonds. The number of ether oxygens (including phenoxy) is 1. The molecule has 0 bridgehead atoms. The molecule has 1 aromatic carbocycles. The molecule has 3 rings (SSSR count). The molecule has 0 radical (unpaired) electrons. The Kier molecular flexibility index (Phi) is 5.67. The summed E-state index contributed by atoms with van der Waals surface area (Å²) in [5.41, 5.74) is 0.462. The van der Waals surface area contributed by atoms with E-state index in [1.807, 2.05) is 13.8 Å². The number of morpholine rings is 1. The summed E-state index contributed by atoms with van der Waals surface area (Å²) in [6.45, 7) is 5.39. The maximum Gasteiger partial charge on any atom is 0.253 e. The Morgan fingerprint density at radius 1 is 1.08 bits per heavy atom. The molecule has 2 heterocycles. The minimum absolute atomic E-state index is 0.130. The summed E-state index contributed by atoms with van der Waals surface area (Å²) < 4.78 is 32.7. The van der Waals surface area contributed by atoms with Gasteiger partial charge in [0.25, 0.3) is 5.91 Å². The lowest BCUT2D eigenvalue weighted by molar-refractivity contribution is -0.0440. The summed E-state index contributed by atoms with van der Waals surface area (Å²) in [5, 5.41) is 9.55. The second-order valence-electron chi connectivity index (χ2n) is 7.13. The number of rotatable bonds is 3. The number of piperidine rings is 1. The Morgan fingerprint density at radius 3 is 2.15 bits per heavy atom. The minimum Gasteiger partial charge on any atom is -0.393 e. The molecular weight excluding hydrogens is 356 g/mol. The lowest BCUT2D eigenvalue weighted by Crippen LogP contribution is -2.48. The fourth-order valence-electron chi connectivity index (χ4n) is 3.50. The van der Waals surface area contributed by atoms with Crippen LogP contribution in [0.2, 0.25) is 0 Å². The first-order valence-electron chi connectivity index (χ1n) is 9.00. The predicted octanol–water partition coefficient (Wildman–Crippen LogP) is 1.08. The van der Waals surface area contributed by atoms with Gasteiger partial charge in [0.05, 0.1) is 23.2 Å². The molecule has 1 N–H and O–H groups in total. The van der Waals surface area contributed by atoms with Gasteiger partial charge in [-0.25, -0.2) is 8.42 Å². The van der Waals surface area contributed by atoms with Gasteiger partial charge in [0.15, 0.2) is 0 Å². The molecule has 0 unspecified atom stereocenters. The third-order valence-corrected chi connectivity index (χ3v) is 6.72. The van der Waals surface area contributed by atoms with Crippen LogP contribution in [-0.4, -0.2) is 73.1 Å². The zero-order valence-corrected chi connectivity index (χ0v) is 16.0. The number of benzene rings is 1. The highest BCUT2D eigenvalue weighted by Gasteiger charge is 2.32. The zero-order valence-electron chi connectivity index (χ0n) is 15.2. The van der Waals surface area contributed by atoms with Gasteiger partial charge in [0.1, 0.15) is 0 Å². The molecular formula is C18H26N2O5S. The van der Waals surface area contributed by atoms with Gasteiger partial charge in [-0.3, -0.25) is 4.79 Å². The monoisotopic (exact) mass is 382 g/mol. The van der Waals surface area contributed by atoms with E-state index in [1.165, 1.54) is 16.4 Å². The van der Waals surface area contributed by atoms with Crippen molar-refractivity contribution in [2.24, 2.45) is 0 Å². The molecule has 8 heteroatoms. The molecule has 0 spiro atoms. The van der Waals surface area contributed by atoms with Crippen LogP contribution in [0, 0.1) is 0 Å². The van der Waals surface area contributed by atoms with E-state index < -0.39 is 10.0 Å². The average molecular weight is 382 g/mol. The molecule has 7 nitrogen and oxygen atoms in total. The Labute approximate surface area is 154 Å². The number of carbonyl (C=O) groups excluding carboxylic acids is 1. The number of carbonyl (C=O) groups is 1. The summed E-state index contributed by atoms with van der Waals surface area (Å²) in [6, 6.07) is 6.11. The van der Waals surface area contributed by atoms with Crippen LogP contribution in [0.1, 0.15) is 37.0 Å². The van der Waals surface area contributed by atoms with E-state index >= 15 is 0 Å². The largest absolute Gasteiger partial charge is 0.393 e. The fourth-order valence-corrected chi connectivity index (χ4v) is 5.09. The molecule has 2 aliphatic heterocycles. The van der Waals surface area contributed by atoms with E-state index in [0.29, 0.717) is 44.6 Å². The molecule has 26 heavy (non-hydrogen) atoms. The molecule has 0 aromatic heterocycles. The van der Waals surface area contributed by atoms with E-state index in [2.05, 4.69) is 0 Å². The fraction of sp³-hybridized carbons (Fsp3) is 0.611. The Bertz CT molecular complexity index is 731. The number of hydrogen-bond acceptors (Lipinski definition) is 5. The summed E-state index contributed by atoms with van der Waals surface area (Å²) >= 11 is 0. The van der Waals surface area contributed by atoms with E-state index in [1.54, 1.807) is 17.0 Å². The summed E-state index contributed by atoms with van der Waals surface area (Å²) in [7, 11) is -3.61. The van der Waals surface area contributed by atoms with Crippen molar-refractivity contribution in [3.63, 3.8) is 0 Å². The molecule has 0 aliphatic carbocycles. The van der Waals surface area contributed by atoms with Gasteiger partial charge in [-0.2, -0.15) is 4.31 Å². The van der Waals surface area contributed by atoms with Crippen LogP contribution >= 0.6 is 0 Å². The van der Waals surface area contributed by atoms with E-state index in [9.17, 15) is 18.3 Å². The highest BCUT2D eigenvalue weighted by Crippen LogP contribution is 2.22. The maximum atomic E-state index is 12.8. The molecule has 2 atom stereocenters. The highest BCUT2D eigenvalue weighted by atomic mass is 32.2. The number of aliphatic hydroxyl groups excluding tert-OH is 1. The smallest absolute Gasteiger partial charge is 0.253 e. The first-order chi connectivity index (χ1) is 12.3. The van der Waals surface area contributed by atoms with Crippen molar-refractivity contribution in [2.45, 2.75) is 49.9 Å². The summed E-state index contributed by atoms with van der Waals surface area (Å²) in [6.07, 6.45) is 0.509. The third-order valence-electron chi connectivity index (χ3n) is 4.88. The van der Waals surface area contributed by atoms with Crippen LogP contribution in [0.3, 0.4) is 0 Å². The third kappa shape index (κ3) is 4.09. The van der Waals surface area contributed by atoms with E-state index in [-0.39, 0.29) is 29.1 Å². The van der Waals surface area contributed by atoms with Gasteiger partial charge in [-0.15, -0.1) is 0 Å². The average Bonchev–Trinajstić information content (AvgIpc) is 2.61. The summed E-state index contributed by atoms with van der Waals surface area (Å²) in [5.74, 6) is -0.130. The lowest BCUT2D eigenvalue weighted by Gasteiger charge is -2.34. The van der Waals surface area contributed by atoms with Crippen LogP contribution in [0.25, 0.3) is 0 Å². The standard InChI is InChI=1S/C18H26N2O5S/c1-13-11-20(12-14(2)25-13)26(23,24)17-5-3-15(4-6-17)18(22)19-9-7-16(21)8-10-19/h3-6,13-14,16,21H,7-12H2,1-2H3/t13-,14-/m1/s1. The molecule has 144 valence electrons. The highest BCUT2D eigenvalue weighted by molar-refractivity contribution is 7.89. The molecule has 0 saturated carbocycles. The van der Waals surface area contributed by atoms with Crippen molar-refractivity contribution >= 4 is 15.9 Å². The van der Waals surface area contributed by atoms with Crippen molar-refractivity contribution in [3.8, 4) is 0 Å². The van der Waals surface area contributed by atoms with E-state index in [0.717, 1.165) is 0 Å². The number of amides is 1. The number of likely N-dealkylation sites (tertiary alicyclic amines) is 1. The number of aliphatic hydroxyl groups is 1. The van der Waals surface area contributed by atoms with Gasteiger partial charge in [-0.1, -0.05) is 0 Å². The molecule has 2 fully saturated rings. The van der Waals surface area contributed by atoms with Crippen LogP contribution in [-0.2, 0) is 14.8 Å². The predicted molar refractivity (Wildman–Crippen MR) is 96.4 cm³/mol. The zero-order chi connectivity index (χ0) is 18.9. The Morgan fingerprint density at radius 2 is 1.62 bits per heavy atom. The SMILES string of the molecule is C[C@@H]1CN(S(=O)(=O)c2ccc(C(=O)N3CCC(O)CC3)cc2)C[C@@H](C)O1. The lowest BCUT2D eigenvalue weighted by atomic mass is 10.1. The van der Waals surface area contributed by atoms with Crippen molar-refractivity contribution in [1.82, 2.24) is 9.21 Å². The van der Waals surface area contributed by atoms with Gasteiger partial charge in [-0.05, 0) is 51.0 Å². The van der Waals surface area contributed by atoms with E-state index in [4.69, 9.17) is 4.74 Å². The van der Waals surface area contributed by atoms with Gasteiger partial charge < -0.3 is 14.7 Å². The Hall–Kier alpha value is -1.48. The second-order valence-corrected chi connectivity index (χ2v) is 9.07. The number of nitrogens with zero attached hydrogens (tertiary/aromatic N) is 2.